The van der Waals surface area contributed by atoms with Gasteiger partial charge in [0, 0.05) is 25.9 Å². The summed E-state index contributed by atoms with van der Waals surface area (Å²) in [6, 6.07) is 4.11. The first-order valence-corrected chi connectivity index (χ1v) is 4.73. The number of rotatable bonds is 3. The lowest BCUT2D eigenvalue weighted by Gasteiger charge is -1.93. The zero-order valence-corrected chi connectivity index (χ0v) is 8.53. The lowest BCUT2D eigenvalue weighted by molar-refractivity contribution is 0.201. The van der Waals surface area contributed by atoms with Crippen molar-refractivity contribution >= 4 is 5.65 Å². The number of hydrogen-bond donors (Lipinski definition) is 0. The van der Waals surface area contributed by atoms with Crippen LogP contribution in [-0.4, -0.2) is 23.1 Å². The molecular weight excluding hydrogens is 176 g/mol. The normalized spacial score (nSPS) is 11.0. The van der Waals surface area contributed by atoms with E-state index in [4.69, 9.17) is 4.74 Å². The molecule has 0 saturated carbocycles. The van der Waals surface area contributed by atoms with Gasteiger partial charge in [-0.05, 0) is 18.6 Å². The Morgan fingerprint density at radius 3 is 3.00 bits per heavy atom. The predicted octanol–water partition coefficient (Wildman–Crippen LogP) is 1.83. The zero-order chi connectivity index (χ0) is 9.97. The second-order valence-corrected chi connectivity index (χ2v) is 3.45. The van der Waals surface area contributed by atoms with Gasteiger partial charge in [-0.15, -0.1) is 0 Å². The number of aryl methyl sites for hydroxylation is 1. The first-order chi connectivity index (χ1) is 6.79. The quantitative estimate of drug-likeness (QED) is 0.738. The van der Waals surface area contributed by atoms with Gasteiger partial charge in [0.05, 0.1) is 12.3 Å². The maximum atomic E-state index is 5.02. The van der Waals surface area contributed by atoms with Crippen LogP contribution in [0.1, 0.15) is 11.3 Å². The summed E-state index contributed by atoms with van der Waals surface area (Å²) in [6.45, 7) is 2.80. The van der Waals surface area contributed by atoms with Gasteiger partial charge in [-0.2, -0.15) is 0 Å². The third-order valence-electron chi connectivity index (χ3n) is 2.21. The van der Waals surface area contributed by atoms with Crippen LogP contribution < -0.4 is 0 Å². The fraction of sp³-hybridized carbons (Fsp3) is 0.364. The number of methoxy groups -OCH3 is 1. The molecule has 0 saturated heterocycles. The van der Waals surface area contributed by atoms with Crippen molar-refractivity contribution in [1.29, 1.82) is 0 Å². The predicted molar refractivity (Wildman–Crippen MR) is 55.5 cm³/mol. The monoisotopic (exact) mass is 190 g/mol. The van der Waals surface area contributed by atoms with E-state index in [-0.39, 0.29) is 0 Å². The van der Waals surface area contributed by atoms with Gasteiger partial charge in [-0.3, -0.25) is 0 Å². The third-order valence-corrected chi connectivity index (χ3v) is 2.21. The topological polar surface area (TPSA) is 26.5 Å². The molecule has 2 aromatic rings. The van der Waals surface area contributed by atoms with Gasteiger partial charge < -0.3 is 9.14 Å². The minimum atomic E-state index is 0.725. The highest BCUT2D eigenvalue weighted by atomic mass is 16.5. The maximum Gasteiger partial charge on any atom is 0.136 e. The molecule has 0 radical (unpaired) electrons. The first-order valence-electron chi connectivity index (χ1n) is 4.73. The van der Waals surface area contributed by atoms with Crippen LogP contribution in [-0.2, 0) is 11.2 Å². The van der Waals surface area contributed by atoms with Crippen molar-refractivity contribution < 1.29 is 4.74 Å². The molecular formula is C11H14N2O. The average Bonchev–Trinajstić information content (AvgIpc) is 2.56. The van der Waals surface area contributed by atoms with Gasteiger partial charge in [0.25, 0.3) is 0 Å². The Labute approximate surface area is 83.3 Å². The van der Waals surface area contributed by atoms with Gasteiger partial charge in [-0.25, -0.2) is 4.98 Å². The first kappa shape index (κ1) is 9.21. The van der Waals surface area contributed by atoms with Crippen LogP contribution in [0.25, 0.3) is 5.65 Å². The number of ether oxygens (including phenoxy) is 1. The number of pyridine rings is 1. The molecule has 3 nitrogen and oxygen atoms in total. The summed E-state index contributed by atoms with van der Waals surface area (Å²) in [7, 11) is 1.71. The maximum absolute atomic E-state index is 5.02. The molecule has 2 aromatic heterocycles. The van der Waals surface area contributed by atoms with Crippen molar-refractivity contribution in [3.8, 4) is 0 Å². The highest BCUT2D eigenvalue weighted by Gasteiger charge is 2.00. The van der Waals surface area contributed by atoms with Crippen molar-refractivity contribution in [3.63, 3.8) is 0 Å². The Morgan fingerprint density at radius 2 is 2.21 bits per heavy atom. The van der Waals surface area contributed by atoms with Crippen molar-refractivity contribution in [2.75, 3.05) is 13.7 Å². The highest BCUT2D eigenvalue weighted by molar-refractivity contribution is 5.41. The van der Waals surface area contributed by atoms with Crippen molar-refractivity contribution in [2.24, 2.45) is 0 Å². The molecule has 0 aliphatic carbocycles. The summed E-state index contributed by atoms with van der Waals surface area (Å²) >= 11 is 0. The van der Waals surface area contributed by atoms with E-state index in [1.54, 1.807) is 7.11 Å². The van der Waals surface area contributed by atoms with Crippen LogP contribution in [0.15, 0.2) is 24.5 Å². The number of fused-ring (bicyclic) bond motifs is 1. The molecule has 0 unspecified atom stereocenters. The van der Waals surface area contributed by atoms with Crippen LogP contribution in [0.2, 0.25) is 0 Å². The Hall–Kier alpha value is -1.35. The number of nitrogens with zero attached hydrogens (tertiary/aromatic N) is 2. The van der Waals surface area contributed by atoms with Gasteiger partial charge in [-0.1, -0.05) is 6.07 Å². The SMILES string of the molecule is COCCc1cn2cc(C)ccc2n1. The molecule has 3 heteroatoms. The molecule has 0 aliphatic rings. The molecule has 0 atom stereocenters. The van der Waals surface area contributed by atoms with Gasteiger partial charge >= 0.3 is 0 Å². The molecule has 2 heterocycles. The second-order valence-electron chi connectivity index (χ2n) is 3.45. The van der Waals surface area contributed by atoms with Crippen molar-refractivity contribution in [3.05, 3.63) is 35.8 Å². The third kappa shape index (κ3) is 1.77. The minimum Gasteiger partial charge on any atom is -0.384 e. The molecule has 0 bridgehead atoms. The van der Waals surface area contributed by atoms with E-state index in [0.717, 1.165) is 24.4 Å². The lowest BCUT2D eigenvalue weighted by atomic mass is 10.3. The van der Waals surface area contributed by atoms with Gasteiger partial charge in [0.2, 0.25) is 0 Å². The van der Waals surface area contributed by atoms with E-state index >= 15 is 0 Å². The summed E-state index contributed by atoms with van der Waals surface area (Å²) in [5.74, 6) is 0. The smallest absolute Gasteiger partial charge is 0.136 e. The largest absolute Gasteiger partial charge is 0.384 e. The van der Waals surface area contributed by atoms with E-state index in [1.807, 2.05) is 6.07 Å². The highest BCUT2D eigenvalue weighted by Crippen LogP contribution is 2.07. The zero-order valence-electron chi connectivity index (χ0n) is 8.53. The standard InChI is InChI=1S/C11H14N2O/c1-9-3-4-11-12-10(5-6-14-2)8-13(11)7-9/h3-4,7-8H,5-6H2,1-2H3. The van der Waals surface area contributed by atoms with Gasteiger partial charge in [0.15, 0.2) is 0 Å². The van der Waals surface area contributed by atoms with E-state index < -0.39 is 0 Å². The number of hydrogen-bond acceptors (Lipinski definition) is 2. The minimum absolute atomic E-state index is 0.725. The van der Waals surface area contributed by atoms with Crippen LogP contribution in [0.5, 0.6) is 0 Å². The number of imidazole rings is 1. The second kappa shape index (κ2) is 3.80. The number of aromatic nitrogens is 2. The fourth-order valence-electron chi connectivity index (χ4n) is 1.48. The molecule has 0 fully saturated rings. The molecule has 0 aliphatic heterocycles. The molecule has 2 rings (SSSR count). The molecule has 0 spiro atoms. The van der Waals surface area contributed by atoms with E-state index in [2.05, 4.69) is 34.8 Å². The fourth-order valence-corrected chi connectivity index (χ4v) is 1.48. The Morgan fingerprint density at radius 1 is 1.36 bits per heavy atom. The Balaban J connectivity index is 2.32. The molecule has 0 aromatic carbocycles. The average molecular weight is 190 g/mol. The Kier molecular flexibility index (Phi) is 2.50. The molecule has 74 valence electrons. The summed E-state index contributed by atoms with van der Waals surface area (Å²) < 4.78 is 7.07. The molecule has 14 heavy (non-hydrogen) atoms. The summed E-state index contributed by atoms with van der Waals surface area (Å²) in [6.07, 6.45) is 5.01. The summed E-state index contributed by atoms with van der Waals surface area (Å²) in [5.41, 5.74) is 3.33. The molecule has 0 amide bonds. The summed E-state index contributed by atoms with van der Waals surface area (Å²) in [4.78, 5) is 4.47. The van der Waals surface area contributed by atoms with Crippen LogP contribution in [0.4, 0.5) is 0 Å². The lowest BCUT2D eigenvalue weighted by Crippen LogP contribution is -1.93. The van der Waals surface area contributed by atoms with Crippen LogP contribution >= 0.6 is 0 Å². The van der Waals surface area contributed by atoms with Crippen LogP contribution in [0, 0.1) is 6.92 Å². The Bertz CT molecular complexity index is 434. The van der Waals surface area contributed by atoms with Crippen molar-refractivity contribution in [1.82, 2.24) is 9.38 Å². The van der Waals surface area contributed by atoms with Crippen molar-refractivity contribution in [2.45, 2.75) is 13.3 Å². The van der Waals surface area contributed by atoms with E-state index in [9.17, 15) is 0 Å². The van der Waals surface area contributed by atoms with Gasteiger partial charge in [0.1, 0.15) is 5.65 Å². The van der Waals surface area contributed by atoms with E-state index in [1.165, 1.54) is 5.56 Å². The van der Waals surface area contributed by atoms with Crippen LogP contribution in [0.3, 0.4) is 0 Å². The molecule has 0 N–H and O–H groups in total. The summed E-state index contributed by atoms with van der Waals surface area (Å²) in [5, 5.41) is 0. The van der Waals surface area contributed by atoms with E-state index in [0.29, 0.717) is 0 Å².